The molecule has 0 radical (unpaired) electrons. The Bertz CT molecular complexity index is 479. The van der Waals surface area contributed by atoms with Crippen LogP contribution in [0.2, 0.25) is 10.0 Å². The van der Waals surface area contributed by atoms with Crippen molar-refractivity contribution in [2.45, 2.75) is 38.6 Å². The largest absolute Gasteiger partial charge is 0.482 e. The standard InChI is InChI=1S/C15H19Cl2NO2/c1-10-4-2-3-5-13(10)18-15(19)9-20-14-7-6-11(16)8-12(14)17/h6-8,10,13H,2-5,9H2,1H3,(H,18,19)/t10-,13-/m1/s1. The highest BCUT2D eigenvalue weighted by Gasteiger charge is 2.22. The number of benzene rings is 1. The number of hydrogen-bond donors (Lipinski definition) is 1. The molecule has 0 unspecified atom stereocenters. The summed E-state index contributed by atoms with van der Waals surface area (Å²) in [5.41, 5.74) is 0. The van der Waals surface area contributed by atoms with Crippen LogP contribution >= 0.6 is 23.2 Å². The third kappa shape index (κ3) is 4.29. The minimum absolute atomic E-state index is 0.0232. The van der Waals surface area contributed by atoms with Gasteiger partial charge in [0.05, 0.1) is 5.02 Å². The van der Waals surface area contributed by atoms with E-state index in [1.807, 2.05) is 0 Å². The van der Waals surface area contributed by atoms with Crippen molar-refractivity contribution in [1.29, 1.82) is 0 Å². The molecular weight excluding hydrogens is 297 g/mol. The molecule has 1 saturated carbocycles. The van der Waals surface area contributed by atoms with Crippen molar-refractivity contribution < 1.29 is 9.53 Å². The maximum atomic E-state index is 11.9. The van der Waals surface area contributed by atoms with Crippen LogP contribution in [0.5, 0.6) is 5.75 Å². The summed E-state index contributed by atoms with van der Waals surface area (Å²) in [6.07, 6.45) is 4.66. The van der Waals surface area contributed by atoms with Gasteiger partial charge in [-0.15, -0.1) is 0 Å². The summed E-state index contributed by atoms with van der Waals surface area (Å²) in [6.45, 7) is 2.16. The van der Waals surface area contributed by atoms with E-state index in [1.54, 1.807) is 18.2 Å². The molecule has 0 aromatic heterocycles. The molecule has 2 rings (SSSR count). The smallest absolute Gasteiger partial charge is 0.258 e. The molecule has 1 aliphatic rings. The minimum atomic E-state index is -0.102. The summed E-state index contributed by atoms with van der Waals surface area (Å²) >= 11 is 11.8. The lowest BCUT2D eigenvalue weighted by molar-refractivity contribution is -0.124. The third-order valence-corrected chi connectivity index (χ3v) is 4.24. The van der Waals surface area contributed by atoms with Gasteiger partial charge in [0.1, 0.15) is 5.75 Å². The molecule has 0 spiro atoms. The molecule has 1 aromatic carbocycles. The Hall–Kier alpha value is -0.930. The topological polar surface area (TPSA) is 38.3 Å². The van der Waals surface area contributed by atoms with Gasteiger partial charge in [-0.3, -0.25) is 4.79 Å². The van der Waals surface area contributed by atoms with Crippen LogP contribution in [0.4, 0.5) is 0 Å². The molecule has 1 aliphatic carbocycles. The number of rotatable bonds is 4. The quantitative estimate of drug-likeness (QED) is 0.909. The van der Waals surface area contributed by atoms with E-state index in [-0.39, 0.29) is 18.6 Å². The predicted octanol–water partition coefficient (Wildman–Crippen LogP) is 4.07. The minimum Gasteiger partial charge on any atom is -0.482 e. The first-order valence-electron chi connectivity index (χ1n) is 6.93. The fourth-order valence-corrected chi connectivity index (χ4v) is 2.98. The molecule has 0 saturated heterocycles. The summed E-state index contributed by atoms with van der Waals surface area (Å²) in [6, 6.07) is 5.21. The van der Waals surface area contributed by atoms with Crippen molar-refractivity contribution in [2.24, 2.45) is 5.92 Å². The first-order valence-corrected chi connectivity index (χ1v) is 7.69. The Balaban J connectivity index is 1.82. The Morgan fingerprint density at radius 3 is 2.80 bits per heavy atom. The van der Waals surface area contributed by atoms with E-state index >= 15 is 0 Å². The van der Waals surface area contributed by atoms with Crippen LogP contribution < -0.4 is 10.1 Å². The van der Waals surface area contributed by atoms with Gasteiger partial charge in [0.25, 0.3) is 5.91 Å². The molecule has 1 aromatic rings. The Kier molecular flexibility index (Phi) is 5.55. The van der Waals surface area contributed by atoms with E-state index in [0.717, 1.165) is 6.42 Å². The molecule has 1 fully saturated rings. The van der Waals surface area contributed by atoms with Crippen molar-refractivity contribution in [1.82, 2.24) is 5.32 Å². The van der Waals surface area contributed by atoms with Crippen LogP contribution in [0.15, 0.2) is 18.2 Å². The monoisotopic (exact) mass is 315 g/mol. The highest BCUT2D eigenvalue weighted by molar-refractivity contribution is 6.35. The highest BCUT2D eigenvalue weighted by atomic mass is 35.5. The number of amides is 1. The fourth-order valence-electron chi connectivity index (χ4n) is 2.51. The normalized spacial score (nSPS) is 22.4. The van der Waals surface area contributed by atoms with Crippen LogP contribution in [-0.2, 0) is 4.79 Å². The van der Waals surface area contributed by atoms with Gasteiger partial charge in [0, 0.05) is 11.1 Å². The van der Waals surface area contributed by atoms with Crippen molar-refractivity contribution >= 4 is 29.1 Å². The Morgan fingerprint density at radius 1 is 1.35 bits per heavy atom. The molecule has 3 nitrogen and oxygen atoms in total. The van der Waals surface area contributed by atoms with Gasteiger partial charge in [-0.25, -0.2) is 0 Å². The van der Waals surface area contributed by atoms with Gasteiger partial charge in [-0.05, 0) is 37.0 Å². The van der Waals surface area contributed by atoms with Gasteiger partial charge in [0.15, 0.2) is 6.61 Å². The molecule has 110 valence electrons. The number of nitrogens with one attached hydrogen (secondary N) is 1. The van der Waals surface area contributed by atoms with Crippen LogP contribution in [-0.4, -0.2) is 18.6 Å². The van der Waals surface area contributed by atoms with Crippen molar-refractivity contribution in [2.75, 3.05) is 6.61 Å². The summed E-state index contributed by atoms with van der Waals surface area (Å²) in [7, 11) is 0. The van der Waals surface area contributed by atoms with E-state index < -0.39 is 0 Å². The first kappa shape index (κ1) is 15.5. The van der Waals surface area contributed by atoms with Gasteiger partial charge >= 0.3 is 0 Å². The predicted molar refractivity (Wildman–Crippen MR) is 81.5 cm³/mol. The SMILES string of the molecule is C[C@@H]1CCCC[C@H]1NC(=O)COc1ccc(Cl)cc1Cl. The molecule has 0 heterocycles. The average Bonchev–Trinajstić information content (AvgIpc) is 2.40. The zero-order valence-corrected chi connectivity index (χ0v) is 13.0. The van der Waals surface area contributed by atoms with E-state index in [0.29, 0.717) is 21.7 Å². The molecule has 1 amide bonds. The van der Waals surface area contributed by atoms with Crippen LogP contribution in [0.1, 0.15) is 32.6 Å². The summed E-state index contributed by atoms with van der Waals surface area (Å²) in [5, 5.41) is 3.99. The Labute approximate surface area is 129 Å². The number of hydrogen-bond acceptors (Lipinski definition) is 2. The van der Waals surface area contributed by atoms with Gasteiger partial charge in [0.2, 0.25) is 0 Å². The second-order valence-electron chi connectivity index (χ2n) is 5.30. The number of carbonyl (C=O) groups excluding carboxylic acids is 1. The van der Waals surface area contributed by atoms with Gasteiger partial charge in [-0.1, -0.05) is 43.0 Å². The van der Waals surface area contributed by atoms with E-state index in [4.69, 9.17) is 27.9 Å². The lowest BCUT2D eigenvalue weighted by Gasteiger charge is -2.29. The molecule has 1 N–H and O–H groups in total. The van der Waals surface area contributed by atoms with Gasteiger partial charge < -0.3 is 10.1 Å². The average molecular weight is 316 g/mol. The van der Waals surface area contributed by atoms with Crippen molar-refractivity contribution in [3.8, 4) is 5.75 Å². The zero-order chi connectivity index (χ0) is 14.5. The molecule has 0 aliphatic heterocycles. The maximum absolute atomic E-state index is 11.9. The van der Waals surface area contributed by atoms with Gasteiger partial charge in [-0.2, -0.15) is 0 Å². The number of ether oxygens (including phenoxy) is 1. The van der Waals surface area contributed by atoms with Crippen molar-refractivity contribution in [3.63, 3.8) is 0 Å². The summed E-state index contributed by atoms with van der Waals surface area (Å²) in [5.74, 6) is 0.907. The third-order valence-electron chi connectivity index (χ3n) is 3.71. The first-order chi connectivity index (χ1) is 9.56. The molecule has 5 heteroatoms. The molecule has 2 atom stereocenters. The van der Waals surface area contributed by atoms with E-state index in [2.05, 4.69) is 12.2 Å². The number of carbonyl (C=O) groups is 1. The second kappa shape index (κ2) is 7.19. The fraction of sp³-hybridized carbons (Fsp3) is 0.533. The number of halogens is 2. The van der Waals surface area contributed by atoms with E-state index in [1.165, 1.54) is 19.3 Å². The molecule has 20 heavy (non-hydrogen) atoms. The van der Waals surface area contributed by atoms with E-state index in [9.17, 15) is 4.79 Å². The van der Waals surface area contributed by atoms with Crippen molar-refractivity contribution in [3.05, 3.63) is 28.2 Å². The summed E-state index contributed by atoms with van der Waals surface area (Å²) in [4.78, 5) is 11.9. The maximum Gasteiger partial charge on any atom is 0.258 e. The summed E-state index contributed by atoms with van der Waals surface area (Å²) < 4.78 is 5.43. The van der Waals surface area contributed by atoms with Crippen LogP contribution in [0.3, 0.4) is 0 Å². The highest BCUT2D eigenvalue weighted by Crippen LogP contribution is 2.27. The second-order valence-corrected chi connectivity index (χ2v) is 6.14. The Morgan fingerprint density at radius 2 is 2.10 bits per heavy atom. The molecule has 0 bridgehead atoms. The molecular formula is C15H19Cl2NO2. The van der Waals surface area contributed by atoms with Crippen LogP contribution in [0.25, 0.3) is 0 Å². The lowest BCUT2D eigenvalue weighted by Crippen LogP contribution is -2.43. The van der Waals surface area contributed by atoms with Crippen LogP contribution in [0, 0.1) is 5.92 Å². The zero-order valence-electron chi connectivity index (χ0n) is 11.5. The lowest BCUT2D eigenvalue weighted by atomic mass is 9.86.